The largest absolute Gasteiger partial charge is 0.492 e. The molecular weight excluding hydrogens is 508 g/mol. The minimum Gasteiger partial charge on any atom is -0.492 e. The maximum atomic E-state index is 12.6. The predicted octanol–water partition coefficient (Wildman–Crippen LogP) is 4.17. The van der Waals surface area contributed by atoms with Gasteiger partial charge in [0.2, 0.25) is 0 Å². The van der Waals surface area contributed by atoms with Crippen LogP contribution in [0.5, 0.6) is 5.75 Å². The Morgan fingerprint density at radius 1 is 0.975 bits per heavy atom. The van der Waals surface area contributed by atoms with Gasteiger partial charge in [-0.15, -0.1) is 0 Å². The van der Waals surface area contributed by atoms with Crippen molar-refractivity contribution in [1.29, 1.82) is 0 Å². The number of benzene rings is 2. The summed E-state index contributed by atoms with van der Waals surface area (Å²) in [5.41, 5.74) is 4.45. The molecule has 2 amide bonds. The Bertz CT molecular complexity index is 1320. The van der Waals surface area contributed by atoms with E-state index in [1.165, 1.54) is 0 Å². The first-order valence-electron chi connectivity index (χ1n) is 13.9. The smallest absolute Gasteiger partial charge is 0.323 e. The summed E-state index contributed by atoms with van der Waals surface area (Å²) in [5.74, 6) is 2.46. The molecule has 3 aliphatic rings. The highest BCUT2D eigenvalue weighted by Crippen LogP contribution is 2.38. The Kier molecular flexibility index (Phi) is 7.81. The summed E-state index contributed by atoms with van der Waals surface area (Å²) in [4.78, 5) is 27.1. The molecule has 0 spiro atoms. The van der Waals surface area contributed by atoms with Crippen molar-refractivity contribution < 1.29 is 19.0 Å². The second kappa shape index (κ2) is 11.8. The molecule has 2 aromatic carbocycles. The molecule has 2 bridgehead atoms. The van der Waals surface area contributed by atoms with E-state index in [9.17, 15) is 4.79 Å². The molecule has 2 unspecified atom stereocenters. The number of rotatable bonds is 8. The van der Waals surface area contributed by atoms with Crippen LogP contribution in [0.15, 0.2) is 48.5 Å². The molecule has 3 aromatic rings. The minimum absolute atomic E-state index is 0.316. The Balaban J connectivity index is 1.12. The van der Waals surface area contributed by atoms with Crippen molar-refractivity contribution in [3.05, 3.63) is 59.8 Å². The highest BCUT2D eigenvalue weighted by molar-refractivity contribution is 5.99. The van der Waals surface area contributed by atoms with Crippen molar-refractivity contribution in [1.82, 2.24) is 14.9 Å². The fourth-order valence-corrected chi connectivity index (χ4v) is 5.51. The van der Waals surface area contributed by atoms with Gasteiger partial charge in [0.1, 0.15) is 18.2 Å². The first-order chi connectivity index (χ1) is 19.5. The number of ether oxygens (including phenoxy) is 3. The summed E-state index contributed by atoms with van der Waals surface area (Å²) >= 11 is 0. The predicted molar refractivity (Wildman–Crippen MR) is 154 cm³/mol. The third-order valence-electron chi connectivity index (χ3n) is 7.61. The Labute approximate surface area is 234 Å². The molecule has 210 valence electrons. The van der Waals surface area contributed by atoms with Crippen LogP contribution in [0.4, 0.5) is 22.0 Å². The first kappa shape index (κ1) is 26.5. The van der Waals surface area contributed by atoms with E-state index >= 15 is 0 Å². The van der Waals surface area contributed by atoms with E-state index in [-0.39, 0.29) is 6.03 Å². The summed E-state index contributed by atoms with van der Waals surface area (Å²) in [6.07, 6.45) is 3.02. The number of carbonyl (C=O) groups is 1. The maximum absolute atomic E-state index is 12.6. The van der Waals surface area contributed by atoms with E-state index < -0.39 is 0 Å². The third-order valence-corrected chi connectivity index (χ3v) is 7.61. The Hall–Kier alpha value is -3.73. The number of morpholine rings is 1. The van der Waals surface area contributed by atoms with Gasteiger partial charge in [0, 0.05) is 35.5 Å². The number of amides is 2. The number of fused-ring (bicyclic) bond motifs is 3. The summed E-state index contributed by atoms with van der Waals surface area (Å²) in [6.45, 7) is 4.14. The highest BCUT2D eigenvalue weighted by atomic mass is 16.5. The molecule has 2 N–H and O–H groups in total. The molecule has 10 nitrogen and oxygen atoms in total. The number of nitrogens with zero attached hydrogens (tertiary/aromatic N) is 4. The summed E-state index contributed by atoms with van der Waals surface area (Å²) in [6, 6.07) is 15.4. The molecule has 1 aromatic heterocycles. The van der Waals surface area contributed by atoms with E-state index in [1.54, 1.807) is 0 Å². The Morgan fingerprint density at radius 3 is 2.33 bits per heavy atom. The summed E-state index contributed by atoms with van der Waals surface area (Å²) < 4.78 is 17.3. The summed E-state index contributed by atoms with van der Waals surface area (Å²) in [5, 5.41) is 5.76. The van der Waals surface area contributed by atoms with E-state index in [1.807, 2.05) is 62.6 Å². The number of anilines is 3. The van der Waals surface area contributed by atoms with Crippen molar-refractivity contribution in [3.63, 3.8) is 0 Å². The highest BCUT2D eigenvalue weighted by Gasteiger charge is 2.40. The average Bonchev–Trinajstić information content (AvgIpc) is 3.20. The quantitative estimate of drug-likeness (QED) is 0.436. The van der Waals surface area contributed by atoms with Crippen molar-refractivity contribution in [2.24, 2.45) is 0 Å². The summed E-state index contributed by atoms with van der Waals surface area (Å²) in [7, 11) is 4.01. The van der Waals surface area contributed by atoms with Crippen molar-refractivity contribution >= 4 is 23.2 Å². The minimum atomic E-state index is -0.316. The normalized spacial score (nSPS) is 19.8. The van der Waals surface area contributed by atoms with E-state index in [0.717, 1.165) is 67.4 Å². The van der Waals surface area contributed by atoms with Gasteiger partial charge in [0.15, 0.2) is 5.82 Å². The van der Waals surface area contributed by atoms with Crippen LogP contribution in [-0.4, -0.2) is 80.1 Å². The van der Waals surface area contributed by atoms with Gasteiger partial charge in [-0.05, 0) is 75.5 Å². The van der Waals surface area contributed by atoms with Crippen LogP contribution in [0.2, 0.25) is 0 Å². The molecule has 3 aliphatic heterocycles. The van der Waals surface area contributed by atoms with Gasteiger partial charge < -0.3 is 34.6 Å². The number of carbonyl (C=O) groups excluding carboxylic acids is 1. The zero-order valence-electron chi connectivity index (χ0n) is 23.1. The molecule has 4 heterocycles. The van der Waals surface area contributed by atoms with Gasteiger partial charge in [-0.1, -0.05) is 0 Å². The van der Waals surface area contributed by atoms with Crippen LogP contribution in [-0.2, 0) is 22.5 Å². The zero-order valence-corrected chi connectivity index (χ0v) is 23.1. The zero-order chi connectivity index (χ0) is 27.5. The van der Waals surface area contributed by atoms with Gasteiger partial charge in [-0.25, -0.2) is 14.8 Å². The van der Waals surface area contributed by atoms with E-state index in [0.29, 0.717) is 49.1 Å². The second-order valence-electron chi connectivity index (χ2n) is 10.8. The van der Waals surface area contributed by atoms with Crippen molar-refractivity contribution in [2.75, 3.05) is 62.6 Å². The van der Waals surface area contributed by atoms with Gasteiger partial charge in [0.25, 0.3) is 0 Å². The van der Waals surface area contributed by atoms with Crippen molar-refractivity contribution in [3.8, 4) is 17.1 Å². The second-order valence-corrected chi connectivity index (χ2v) is 10.8. The number of hydrogen-bond donors (Lipinski definition) is 2. The molecule has 0 radical (unpaired) electrons. The Morgan fingerprint density at radius 2 is 1.65 bits per heavy atom. The molecule has 0 saturated carbocycles. The fourth-order valence-electron chi connectivity index (χ4n) is 5.51. The molecule has 40 heavy (non-hydrogen) atoms. The number of urea groups is 1. The fraction of sp³-hybridized carbons (Fsp3) is 0.433. The van der Waals surface area contributed by atoms with Gasteiger partial charge in [0.05, 0.1) is 44.2 Å². The number of hydrogen-bond acceptors (Lipinski definition) is 8. The molecule has 0 aliphatic carbocycles. The van der Waals surface area contributed by atoms with E-state index in [4.69, 9.17) is 24.2 Å². The lowest BCUT2D eigenvalue weighted by molar-refractivity contribution is 0.0879. The lowest BCUT2D eigenvalue weighted by Gasteiger charge is -2.37. The number of nitrogens with one attached hydrogen (secondary N) is 2. The van der Waals surface area contributed by atoms with Crippen LogP contribution in [0.1, 0.15) is 24.1 Å². The average molecular weight is 545 g/mol. The van der Waals surface area contributed by atoms with Gasteiger partial charge >= 0.3 is 6.03 Å². The number of aromatic nitrogens is 2. The lowest BCUT2D eigenvalue weighted by Crippen LogP contribution is -2.47. The third kappa shape index (κ3) is 5.89. The molecule has 2 saturated heterocycles. The molecule has 2 atom stereocenters. The van der Waals surface area contributed by atoms with E-state index in [2.05, 4.69) is 20.4 Å². The molecule has 2 fully saturated rings. The van der Waals surface area contributed by atoms with Crippen LogP contribution >= 0.6 is 0 Å². The van der Waals surface area contributed by atoms with Gasteiger partial charge in [-0.2, -0.15) is 0 Å². The lowest BCUT2D eigenvalue weighted by atomic mass is 10.1. The monoisotopic (exact) mass is 544 g/mol. The first-order valence-corrected chi connectivity index (χ1v) is 13.9. The molecule has 10 heteroatoms. The van der Waals surface area contributed by atoms with Gasteiger partial charge in [-0.3, -0.25) is 0 Å². The molecule has 6 rings (SSSR count). The number of likely N-dealkylation sites (N-methyl/N-ethyl adjacent to an activating group) is 1. The standard InChI is InChI=1S/C30H36N6O4/c1-35(2)14-16-40-25-11-7-22(8-12-25)32-30(37)31-21-5-3-20(4-6-21)28-33-27-13-15-38-19-26(27)29(34-28)36-23-9-10-24(36)18-39-17-23/h3-8,11-12,23-24H,9-10,13-19H2,1-2H3,(H2,31,32,37). The topological polar surface area (TPSA) is 101 Å². The SMILES string of the molecule is CN(C)CCOc1ccc(NC(=O)Nc2ccc(-c3nc4c(c(N5C6CCC5COC6)n3)COCC4)cc2)cc1. The molecular formula is C30H36N6O4. The van der Waals surface area contributed by atoms with Crippen LogP contribution in [0.25, 0.3) is 11.4 Å². The van der Waals surface area contributed by atoms with Crippen LogP contribution in [0, 0.1) is 0 Å². The van der Waals surface area contributed by atoms with Crippen LogP contribution in [0.3, 0.4) is 0 Å². The van der Waals surface area contributed by atoms with Crippen LogP contribution < -0.4 is 20.3 Å². The maximum Gasteiger partial charge on any atom is 0.323 e. The van der Waals surface area contributed by atoms with Crippen molar-refractivity contribution in [2.45, 2.75) is 38.0 Å².